The van der Waals surface area contributed by atoms with E-state index in [0.717, 1.165) is 32.1 Å². The minimum absolute atomic E-state index is 0. The van der Waals surface area contributed by atoms with Crippen LogP contribution in [0.2, 0.25) is 0 Å². The molecule has 0 bridgehead atoms. The van der Waals surface area contributed by atoms with Crippen molar-refractivity contribution in [1.29, 1.82) is 0 Å². The number of Topliss-reactive ketones (excluding diaryl/α,β-unsaturated/α-hetero) is 2. The molecule has 0 aliphatic rings. The van der Waals surface area contributed by atoms with E-state index in [9.17, 15) is 33.6 Å². The van der Waals surface area contributed by atoms with E-state index in [0.29, 0.717) is 190 Å². The Morgan fingerprint density at radius 2 is 0.692 bits per heavy atom. The molecule has 0 amide bonds. The van der Waals surface area contributed by atoms with Crippen LogP contribution < -0.4 is 0 Å². The molecule has 0 aromatic heterocycles. The molecule has 0 aliphatic heterocycles. The first-order chi connectivity index (χ1) is 49.1. The largest absolute Gasteiger partial charge is 0.481 e. The fourth-order valence-electron chi connectivity index (χ4n) is 8.04. The van der Waals surface area contributed by atoms with Crippen molar-refractivity contribution in [2.75, 3.05) is 259 Å². The van der Waals surface area contributed by atoms with E-state index in [1.54, 1.807) is 61.5 Å². The van der Waals surface area contributed by atoms with Crippen molar-refractivity contribution in [3.05, 3.63) is 0 Å². The zero-order chi connectivity index (χ0) is 79.0. The molecule has 30 heteroatoms. The minimum atomic E-state index is -1.15. The normalized spacial score (nSPS) is 11.8. The Morgan fingerprint density at radius 3 is 0.971 bits per heavy atom. The number of hydrogen-bond donors (Lipinski definition) is 2. The maximum atomic E-state index is 11.8. The van der Waals surface area contributed by atoms with Crippen LogP contribution in [0.3, 0.4) is 0 Å². The summed E-state index contributed by atoms with van der Waals surface area (Å²) in [5, 5.41) is 17.4. The Labute approximate surface area is 635 Å². The van der Waals surface area contributed by atoms with Gasteiger partial charge < -0.3 is 100 Å². The lowest BCUT2D eigenvalue weighted by atomic mass is 9.90. The molecule has 104 heavy (non-hydrogen) atoms. The van der Waals surface area contributed by atoms with E-state index in [1.165, 1.54) is 31.7 Å². The van der Waals surface area contributed by atoms with Gasteiger partial charge in [0.05, 0.1) is 225 Å². The Bertz CT molecular complexity index is 1940. The SMILES string of the molecule is C.CCC(C)(C)C(=O)OC.CCC(C)(C)C(=O)OCCOCCOCCOCCOCCOCCOCCOCCOCCOC.CCCCCCOC(=O)C(C)(C)CC.COCC(COC)(COC)COCC(COC)(COC)COC.CSCCC(=O)CC(=O)CCSCC(CC(=O)O)C(=O)O. The minimum Gasteiger partial charge on any atom is -0.481 e. The number of carboxylic acids is 2. The zero-order valence-electron chi connectivity index (χ0n) is 66.9. The highest BCUT2D eigenvalue weighted by atomic mass is 32.2. The number of ether oxygens (including phenoxy) is 19. The Hall–Kier alpha value is -3.25. The van der Waals surface area contributed by atoms with E-state index in [1.807, 2.05) is 68.6 Å². The second-order valence-electron chi connectivity index (χ2n) is 26.0. The number of esters is 3. The van der Waals surface area contributed by atoms with Gasteiger partial charge in [-0.15, -0.1) is 0 Å². The van der Waals surface area contributed by atoms with Crippen molar-refractivity contribution in [2.24, 2.45) is 33.0 Å². The molecule has 0 spiro atoms. The van der Waals surface area contributed by atoms with Gasteiger partial charge in [0.1, 0.15) is 18.2 Å². The molecule has 0 radical (unpaired) electrons. The lowest BCUT2D eigenvalue weighted by molar-refractivity contribution is -0.156. The third-order valence-electron chi connectivity index (χ3n) is 15.3. The lowest BCUT2D eigenvalue weighted by Crippen LogP contribution is -2.45. The third kappa shape index (κ3) is 69.2. The number of carbonyl (C=O) groups excluding carboxylic acids is 5. The predicted octanol–water partition coefficient (Wildman–Crippen LogP) is 9.94. The molecule has 0 aromatic carbocycles. The van der Waals surface area contributed by atoms with Gasteiger partial charge in [-0.3, -0.25) is 33.6 Å². The molecule has 0 fully saturated rings. The van der Waals surface area contributed by atoms with Gasteiger partial charge in [0.2, 0.25) is 0 Å². The summed E-state index contributed by atoms with van der Waals surface area (Å²) in [7, 11) is 13.0. The molecule has 1 atom stereocenters. The van der Waals surface area contributed by atoms with Crippen molar-refractivity contribution < 1.29 is 134 Å². The van der Waals surface area contributed by atoms with Gasteiger partial charge in [0, 0.05) is 74.1 Å². The molecule has 0 rings (SSSR count). The zero-order valence-corrected chi connectivity index (χ0v) is 68.5. The van der Waals surface area contributed by atoms with Crippen LogP contribution >= 0.6 is 23.5 Å². The van der Waals surface area contributed by atoms with Gasteiger partial charge in [-0.2, -0.15) is 23.5 Å². The summed E-state index contributed by atoms with van der Waals surface area (Å²) < 4.78 is 101. The predicted molar refractivity (Wildman–Crippen MR) is 405 cm³/mol. The number of thioether (sulfide) groups is 2. The first-order valence-corrected chi connectivity index (χ1v) is 38.2. The first-order valence-electron chi connectivity index (χ1n) is 35.7. The summed E-state index contributed by atoms with van der Waals surface area (Å²) in [6.07, 6.45) is 8.99. The Morgan fingerprint density at radius 1 is 0.375 bits per heavy atom. The van der Waals surface area contributed by atoms with Crippen LogP contribution in [0, 0.1) is 33.0 Å². The average Bonchev–Trinajstić information content (AvgIpc) is 0.861. The standard InChI is InChI=1S/C25H50O11.C16H34O7.C13H20O6S2.C12H24O2.C7H14O2.CH4/c1-5-25(2,3)24(26)36-23-22-35-21-20-34-19-18-33-17-16-32-15-14-31-13-12-30-11-10-29-9-8-28-7-6-27-4;1-17-7-15(8-18-2,9-19-3)13-23-14-16(10-20-4,11-21-5)12-22-6;1-20-4-2-10(14)7-11(15)3-5-21-8-9(13(18)19)6-12(16)17;1-5-7-8-9-10-14-11(13)12(3,4)6-2;1-5-7(2,3)6(8)9-4;/h5-23H2,1-4H3;7-14H2,1-6H3;9H,2-8H2,1H3,(H,16,17)(H,18,19);5-10H2,1-4H3;5H2,1-4H3;1H4. The summed E-state index contributed by atoms with van der Waals surface area (Å²) in [6, 6.07) is 0. The molecule has 0 heterocycles. The first kappa shape index (κ1) is 112. The number of carboxylic acid groups (broad SMARTS) is 2. The van der Waals surface area contributed by atoms with Gasteiger partial charge in [-0.25, -0.2) is 0 Å². The van der Waals surface area contributed by atoms with Crippen LogP contribution in [0.4, 0.5) is 0 Å². The number of ketones is 2. The van der Waals surface area contributed by atoms with Gasteiger partial charge in [0.25, 0.3) is 0 Å². The summed E-state index contributed by atoms with van der Waals surface area (Å²) >= 11 is 2.77. The summed E-state index contributed by atoms with van der Waals surface area (Å²) in [5.41, 5.74) is -1.78. The number of hydrogen-bond acceptors (Lipinski definition) is 28. The lowest BCUT2D eigenvalue weighted by Gasteiger charge is -2.35. The van der Waals surface area contributed by atoms with Crippen molar-refractivity contribution in [3.8, 4) is 0 Å². The van der Waals surface area contributed by atoms with E-state index in [2.05, 4.69) is 11.7 Å². The fourth-order valence-corrected chi connectivity index (χ4v) is 9.56. The van der Waals surface area contributed by atoms with Crippen LogP contribution in [0.1, 0.15) is 147 Å². The highest BCUT2D eigenvalue weighted by molar-refractivity contribution is 7.99. The van der Waals surface area contributed by atoms with E-state index >= 15 is 0 Å². The fraction of sp³-hybridized carbons (Fsp3) is 0.905. The number of methoxy groups -OCH3 is 8. The van der Waals surface area contributed by atoms with Crippen molar-refractivity contribution >= 4 is 64.9 Å². The van der Waals surface area contributed by atoms with Crippen LogP contribution in [0.15, 0.2) is 0 Å². The number of unbranched alkanes of at least 4 members (excludes halogenated alkanes) is 3. The second kappa shape index (κ2) is 76.5. The Balaban J connectivity index is -0.000000308. The Kier molecular flexibility index (Phi) is 82.2. The molecule has 2 N–H and O–H groups in total. The van der Waals surface area contributed by atoms with Crippen molar-refractivity contribution in [3.63, 3.8) is 0 Å². The number of carbonyl (C=O) groups is 7. The molecule has 0 saturated heterocycles. The van der Waals surface area contributed by atoms with E-state index in [4.69, 9.17) is 95.5 Å². The monoisotopic (exact) mass is 1550 g/mol. The molecule has 1 unspecified atom stereocenters. The van der Waals surface area contributed by atoms with Crippen LogP contribution in [0.5, 0.6) is 0 Å². The van der Waals surface area contributed by atoms with Crippen LogP contribution in [-0.2, 0) is 124 Å². The number of aliphatic carboxylic acids is 2. The third-order valence-corrected chi connectivity index (χ3v) is 17.1. The average molecular weight is 1550 g/mol. The molecular formula is C74H146O28S2. The summed E-state index contributed by atoms with van der Waals surface area (Å²) in [6.45, 7) is 32.8. The topological polar surface area (TPSA) is 335 Å². The second-order valence-corrected chi connectivity index (χ2v) is 28.1. The highest BCUT2D eigenvalue weighted by Gasteiger charge is 2.36. The summed E-state index contributed by atoms with van der Waals surface area (Å²) in [5.74, 6) is -2.62. The molecule has 622 valence electrons. The molecule has 0 aromatic rings. The quantitative estimate of drug-likeness (QED) is 0.0247. The maximum absolute atomic E-state index is 11.8. The smallest absolute Gasteiger partial charge is 0.311 e. The van der Waals surface area contributed by atoms with Gasteiger partial charge >= 0.3 is 29.8 Å². The highest BCUT2D eigenvalue weighted by Crippen LogP contribution is 2.26. The molecule has 0 aliphatic carbocycles. The maximum Gasteiger partial charge on any atom is 0.311 e. The molecular weight excluding hydrogens is 1400 g/mol. The van der Waals surface area contributed by atoms with Crippen molar-refractivity contribution in [2.45, 2.75) is 147 Å². The van der Waals surface area contributed by atoms with Crippen molar-refractivity contribution in [1.82, 2.24) is 0 Å². The number of rotatable bonds is 67. The van der Waals surface area contributed by atoms with Gasteiger partial charge in [-0.1, -0.05) is 54.4 Å². The summed E-state index contributed by atoms with van der Waals surface area (Å²) in [4.78, 5) is 78.4. The van der Waals surface area contributed by atoms with Gasteiger partial charge in [0.15, 0.2) is 0 Å². The van der Waals surface area contributed by atoms with Crippen LogP contribution in [-0.4, -0.2) is 310 Å². The van der Waals surface area contributed by atoms with Gasteiger partial charge in [-0.05, 0) is 79.2 Å². The van der Waals surface area contributed by atoms with E-state index < -0.39 is 29.7 Å². The van der Waals surface area contributed by atoms with Crippen LogP contribution in [0.25, 0.3) is 0 Å². The molecule has 0 saturated carbocycles. The van der Waals surface area contributed by atoms with E-state index in [-0.39, 0.29) is 83.8 Å². The molecule has 28 nitrogen and oxygen atoms in total.